The van der Waals surface area contributed by atoms with Crippen molar-refractivity contribution in [1.29, 1.82) is 0 Å². The Bertz CT molecular complexity index is 1310. The van der Waals surface area contributed by atoms with Crippen LogP contribution in [0.4, 0.5) is 0 Å². The highest BCUT2D eigenvalue weighted by atomic mass is 16.3. The predicted molar refractivity (Wildman–Crippen MR) is 93.4 cm³/mol. The van der Waals surface area contributed by atoms with Gasteiger partial charge in [-0.05, 0) is 24.3 Å². The van der Waals surface area contributed by atoms with E-state index in [1.54, 1.807) is 12.1 Å². The third-order valence-corrected chi connectivity index (χ3v) is 4.37. The van der Waals surface area contributed by atoms with E-state index in [4.69, 9.17) is 4.42 Å². The Morgan fingerprint density at radius 1 is 1.04 bits per heavy atom. The van der Waals surface area contributed by atoms with Gasteiger partial charge in [0.25, 0.3) is 0 Å². The molecule has 0 amide bonds. The van der Waals surface area contributed by atoms with Crippen molar-refractivity contribution in [3.63, 3.8) is 0 Å². The molecule has 5 heteroatoms. The molecule has 5 rings (SSSR count). The average Bonchev–Trinajstić information content (AvgIpc) is 3.00. The first-order valence-corrected chi connectivity index (χ1v) is 7.89. The molecule has 0 atom stereocenters. The van der Waals surface area contributed by atoms with Crippen LogP contribution in [0.2, 0.25) is 0 Å². The van der Waals surface area contributed by atoms with Gasteiger partial charge in [0.05, 0.1) is 16.4 Å². The molecule has 0 aliphatic rings. The van der Waals surface area contributed by atoms with Crippen molar-refractivity contribution in [2.24, 2.45) is 0 Å². The number of para-hydroxylation sites is 3. The molecule has 24 heavy (non-hydrogen) atoms. The number of nitrogens with zero attached hydrogens (tertiary/aromatic N) is 3. The van der Waals surface area contributed by atoms with Gasteiger partial charge in [-0.3, -0.25) is 9.20 Å². The van der Waals surface area contributed by atoms with Crippen LogP contribution in [-0.2, 0) is 6.42 Å². The lowest BCUT2D eigenvalue weighted by atomic mass is 10.2. The van der Waals surface area contributed by atoms with Crippen molar-refractivity contribution >= 4 is 38.7 Å². The first-order valence-electron chi connectivity index (χ1n) is 7.89. The topological polar surface area (TPSA) is 60.4 Å². The summed E-state index contributed by atoms with van der Waals surface area (Å²) in [6, 6.07) is 15.1. The van der Waals surface area contributed by atoms with Crippen LogP contribution < -0.4 is 5.43 Å². The minimum absolute atomic E-state index is 0.0951. The Labute approximate surface area is 136 Å². The third-order valence-electron chi connectivity index (χ3n) is 4.37. The van der Waals surface area contributed by atoms with Gasteiger partial charge in [-0.25, -0.2) is 4.98 Å². The van der Waals surface area contributed by atoms with Crippen molar-refractivity contribution in [2.75, 3.05) is 0 Å². The lowest BCUT2D eigenvalue weighted by Crippen LogP contribution is -2.09. The number of aromatic nitrogens is 3. The van der Waals surface area contributed by atoms with Crippen LogP contribution >= 0.6 is 0 Å². The third kappa shape index (κ3) is 1.61. The fourth-order valence-corrected chi connectivity index (χ4v) is 3.27. The number of fused-ring (bicyclic) bond motifs is 6. The average molecular weight is 315 g/mol. The Kier molecular flexibility index (Phi) is 2.56. The zero-order valence-electron chi connectivity index (χ0n) is 13.0. The van der Waals surface area contributed by atoms with E-state index in [-0.39, 0.29) is 5.43 Å². The van der Waals surface area contributed by atoms with Crippen LogP contribution in [0.1, 0.15) is 12.7 Å². The van der Waals surface area contributed by atoms with Gasteiger partial charge in [0.2, 0.25) is 11.1 Å². The lowest BCUT2D eigenvalue weighted by Gasteiger charge is -2.07. The van der Waals surface area contributed by atoms with Crippen LogP contribution in [0.3, 0.4) is 0 Å². The van der Waals surface area contributed by atoms with E-state index >= 15 is 0 Å². The molecule has 5 aromatic rings. The summed E-state index contributed by atoms with van der Waals surface area (Å²) >= 11 is 0. The highest BCUT2D eigenvalue weighted by Crippen LogP contribution is 2.25. The fraction of sp³-hybridized carbons (Fsp3) is 0.105. The van der Waals surface area contributed by atoms with E-state index in [1.807, 2.05) is 47.7 Å². The molecule has 0 spiro atoms. The summed E-state index contributed by atoms with van der Waals surface area (Å²) in [5, 5.41) is 0.979. The second-order valence-electron chi connectivity index (χ2n) is 5.75. The maximum Gasteiger partial charge on any atom is 0.236 e. The van der Waals surface area contributed by atoms with Crippen LogP contribution in [0.25, 0.3) is 38.7 Å². The molecule has 0 N–H and O–H groups in total. The van der Waals surface area contributed by atoms with Crippen LogP contribution in [-0.4, -0.2) is 14.4 Å². The molecular formula is C19H13N3O2. The Balaban J connectivity index is 2.14. The van der Waals surface area contributed by atoms with Gasteiger partial charge in [0, 0.05) is 6.42 Å². The summed E-state index contributed by atoms with van der Waals surface area (Å²) in [5.74, 6) is 0.824. The van der Waals surface area contributed by atoms with Crippen LogP contribution in [0.5, 0.6) is 0 Å². The molecular weight excluding hydrogens is 302 g/mol. The molecule has 3 heterocycles. The van der Waals surface area contributed by atoms with E-state index in [2.05, 4.69) is 9.97 Å². The molecule has 0 radical (unpaired) electrons. The Hall–Kier alpha value is -3.21. The normalized spacial score (nSPS) is 11.9. The van der Waals surface area contributed by atoms with Gasteiger partial charge in [-0.1, -0.05) is 31.2 Å². The highest BCUT2D eigenvalue weighted by molar-refractivity contribution is 5.98. The van der Waals surface area contributed by atoms with E-state index < -0.39 is 0 Å². The van der Waals surface area contributed by atoms with Gasteiger partial charge in [0.1, 0.15) is 16.8 Å². The standard InChI is InChI=1S/C19H13N3O2/c1-2-15-21-19-16(17(23)11-7-3-6-10-14(11)24-19)18-20-12-8-4-5-9-13(12)22(15)18/h3-10H,2H2,1H3. The largest absolute Gasteiger partial charge is 0.437 e. The molecule has 0 fully saturated rings. The summed E-state index contributed by atoms with van der Waals surface area (Å²) in [7, 11) is 0. The molecule has 2 aromatic carbocycles. The van der Waals surface area contributed by atoms with Crippen LogP contribution in [0.15, 0.2) is 57.7 Å². The number of benzene rings is 2. The predicted octanol–water partition coefficient (Wildman–Crippen LogP) is 3.70. The molecule has 5 nitrogen and oxygen atoms in total. The molecule has 116 valence electrons. The van der Waals surface area contributed by atoms with Gasteiger partial charge < -0.3 is 4.42 Å². The van der Waals surface area contributed by atoms with Gasteiger partial charge in [-0.15, -0.1) is 0 Å². The van der Waals surface area contributed by atoms with Gasteiger partial charge >= 0.3 is 0 Å². The molecule has 0 saturated carbocycles. The van der Waals surface area contributed by atoms with Crippen molar-refractivity contribution in [3.8, 4) is 0 Å². The number of aryl methyl sites for hydroxylation is 1. The molecule has 0 unspecified atom stereocenters. The first-order chi connectivity index (χ1) is 11.8. The maximum absolute atomic E-state index is 13.0. The fourth-order valence-electron chi connectivity index (χ4n) is 3.27. The van der Waals surface area contributed by atoms with E-state index in [9.17, 15) is 4.79 Å². The summed E-state index contributed by atoms with van der Waals surface area (Å²) in [6.45, 7) is 2.03. The number of hydrogen-bond donors (Lipinski definition) is 0. The summed E-state index contributed by atoms with van der Waals surface area (Å²) < 4.78 is 7.87. The van der Waals surface area contributed by atoms with E-state index in [0.29, 0.717) is 34.1 Å². The zero-order valence-corrected chi connectivity index (χ0v) is 13.0. The Morgan fingerprint density at radius 2 is 1.83 bits per heavy atom. The number of imidazole rings is 1. The van der Waals surface area contributed by atoms with Crippen LogP contribution in [0, 0.1) is 0 Å². The number of rotatable bonds is 1. The zero-order chi connectivity index (χ0) is 16.3. The minimum Gasteiger partial charge on any atom is -0.437 e. The monoisotopic (exact) mass is 315 g/mol. The van der Waals surface area contributed by atoms with Crippen molar-refractivity contribution in [3.05, 3.63) is 64.6 Å². The van der Waals surface area contributed by atoms with E-state index in [0.717, 1.165) is 16.9 Å². The maximum atomic E-state index is 13.0. The Morgan fingerprint density at radius 3 is 2.71 bits per heavy atom. The molecule has 0 aliphatic carbocycles. The molecule has 0 saturated heterocycles. The summed E-state index contributed by atoms with van der Waals surface area (Å²) in [6.07, 6.45) is 0.712. The second kappa shape index (κ2) is 4.64. The SMILES string of the molecule is CCc1nc2oc3ccccc3c(=O)c2c2nc3ccccc3n12. The lowest BCUT2D eigenvalue weighted by molar-refractivity contribution is 0.639. The van der Waals surface area contributed by atoms with Crippen molar-refractivity contribution in [2.45, 2.75) is 13.3 Å². The first kappa shape index (κ1) is 13.2. The highest BCUT2D eigenvalue weighted by Gasteiger charge is 2.18. The molecule has 3 aromatic heterocycles. The van der Waals surface area contributed by atoms with Gasteiger partial charge in [-0.2, -0.15) is 4.98 Å². The second-order valence-corrected chi connectivity index (χ2v) is 5.75. The number of hydrogen-bond acceptors (Lipinski definition) is 4. The van der Waals surface area contributed by atoms with Crippen molar-refractivity contribution < 1.29 is 4.42 Å². The van der Waals surface area contributed by atoms with Crippen molar-refractivity contribution in [1.82, 2.24) is 14.4 Å². The molecule has 0 bridgehead atoms. The quantitative estimate of drug-likeness (QED) is 0.442. The smallest absolute Gasteiger partial charge is 0.236 e. The summed E-state index contributed by atoms with van der Waals surface area (Å²) in [4.78, 5) is 22.3. The van der Waals surface area contributed by atoms with E-state index in [1.165, 1.54) is 0 Å². The molecule has 0 aliphatic heterocycles. The van der Waals surface area contributed by atoms with Gasteiger partial charge in [0.15, 0.2) is 5.65 Å². The minimum atomic E-state index is -0.0951. The summed E-state index contributed by atoms with van der Waals surface area (Å²) in [5.41, 5.74) is 3.20.